The number of aryl methyl sites for hydroxylation is 2. The lowest BCUT2D eigenvalue weighted by Crippen LogP contribution is -2.35. The van der Waals surface area contributed by atoms with E-state index in [0.29, 0.717) is 11.6 Å². The molecule has 0 saturated carbocycles. The molecule has 1 N–H and O–H groups in total. The molecule has 0 heterocycles. The van der Waals surface area contributed by atoms with E-state index in [4.69, 9.17) is 11.6 Å². The number of carbonyl (C=O) groups excluding carboxylic acids is 1. The van der Waals surface area contributed by atoms with Crippen molar-refractivity contribution in [3.05, 3.63) is 64.2 Å². The highest BCUT2D eigenvalue weighted by atomic mass is 35.5. The van der Waals surface area contributed by atoms with E-state index in [1.807, 2.05) is 55.1 Å². The molecule has 4 heteroatoms. The number of halogens is 1. The third-order valence-electron chi connectivity index (χ3n) is 3.95. The van der Waals surface area contributed by atoms with Crippen LogP contribution in [0.15, 0.2) is 42.5 Å². The lowest BCUT2D eigenvalue weighted by atomic mass is 10.1. The van der Waals surface area contributed by atoms with Gasteiger partial charge in [-0.2, -0.15) is 0 Å². The van der Waals surface area contributed by atoms with E-state index >= 15 is 0 Å². The summed E-state index contributed by atoms with van der Waals surface area (Å²) in [5.74, 6) is 0. The smallest absolute Gasteiger partial charge is 0.320 e. The zero-order valence-corrected chi connectivity index (χ0v) is 15.4. The van der Waals surface area contributed by atoms with Gasteiger partial charge in [0, 0.05) is 23.8 Å². The number of nitrogens with one attached hydrogen (secondary N) is 1. The summed E-state index contributed by atoms with van der Waals surface area (Å²) in [7, 11) is 0. The SMILES string of the molecule is CCCCN(Cc1cccc(Cl)c1)C(=O)Nc1ccc(C)cc1C. The van der Waals surface area contributed by atoms with Crippen LogP contribution in [-0.4, -0.2) is 17.5 Å². The number of benzene rings is 2. The number of hydrogen-bond donors (Lipinski definition) is 1. The van der Waals surface area contributed by atoms with Crippen molar-refractivity contribution in [3.63, 3.8) is 0 Å². The molecule has 0 spiro atoms. The summed E-state index contributed by atoms with van der Waals surface area (Å²) >= 11 is 6.06. The zero-order chi connectivity index (χ0) is 17.5. The first kappa shape index (κ1) is 18.3. The Kier molecular flexibility index (Phi) is 6.68. The Balaban J connectivity index is 2.12. The molecule has 0 aliphatic heterocycles. The van der Waals surface area contributed by atoms with Gasteiger partial charge >= 0.3 is 6.03 Å². The van der Waals surface area contributed by atoms with E-state index in [1.54, 1.807) is 0 Å². The summed E-state index contributed by atoms with van der Waals surface area (Å²) in [5, 5.41) is 3.73. The van der Waals surface area contributed by atoms with Crippen molar-refractivity contribution in [1.29, 1.82) is 0 Å². The topological polar surface area (TPSA) is 32.3 Å². The first-order valence-corrected chi connectivity index (χ1v) is 8.75. The molecule has 0 fully saturated rings. The molecule has 0 aliphatic carbocycles. The van der Waals surface area contributed by atoms with Gasteiger partial charge in [0.1, 0.15) is 0 Å². The molecule has 0 bridgehead atoms. The summed E-state index contributed by atoms with van der Waals surface area (Å²) < 4.78 is 0. The molecule has 2 aromatic rings. The van der Waals surface area contributed by atoms with Gasteiger partial charge < -0.3 is 10.2 Å². The summed E-state index contributed by atoms with van der Waals surface area (Å²) in [6.45, 7) is 7.46. The van der Waals surface area contributed by atoms with Crippen molar-refractivity contribution in [1.82, 2.24) is 4.90 Å². The highest BCUT2D eigenvalue weighted by Gasteiger charge is 2.15. The van der Waals surface area contributed by atoms with Crippen molar-refractivity contribution in [2.24, 2.45) is 0 Å². The molecule has 2 amide bonds. The van der Waals surface area contributed by atoms with Gasteiger partial charge in [-0.15, -0.1) is 0 Å². The maximum atomic E-state index is 12.7. The maximum Gasteiger partial charge on any atom is 0.322 e. The fraction of sp³-hybridized carbons (Fsp3) is 0.350. The minimum Gasteiger partial charge on any atom is -0.320 e. The normalized spacial score (nSPS) is 10.5. The first-order valence-electron chi connectivity index (χ1n) is 8.37. The molecule has 2 rings (SSSR count). The Morgan fingerprint density at radius 3 is 2.62 bits per heavy atom. The summed E-state index contributed by atoms with van der Waals surface area (Å²) in [4.78, 5) is 14.6. The number of carbonyl (C=O) groups is 1. The quantitative estimate of drug-likeness (QED) is 0.706. The van der Waals surface area contributed by atoms with E-state index in [2.05, 4.69) is 18.3 Å². The van der Waals surface area contributed by atoms with Crippen molar-refractivity contribution in [2.45, 2.75) is 40.2 Å². The number of urea groups is 1. The minimum atomic E-state index is -0.0737. The van der Waals surface area contributed by atoms with Crippen LogP contribution in [0, 0.1) is 13.8 Å². The second-order valence-corrected chi connectivity index (χ2v) is 6.59. The van der Waals surface area contributed by atoms with Crippen molar-refractivity contribution in [2.75, 3.05) is 11.9 Å². The average Bonchev–Trinajstić information content (AvgIpc) is 2.54. The molecule has 0 atom stereocenters. The molecule has 0 aromatic heterocycles. The highest BCUT2D eigenvalue weighted by molar-refractivity contribution is 6.30. The molecule has 0 radical (unpaired) electrons. The number of nitrogens with zero attached hydrogens (tertiary/aromatic N) is 1. The molecule has 3 nitrogen and oxygen atoms in total. The van der Waals surface area contributed by atoms with E-state index in [0.717, 1.165) is 36.2 Å². The highest BCUT2D eigenvalue weighted by Crippen LogP contribution is 2.18. The average molecular weight is 345 g/mol. The molecule has 0 unspecified atom stereocenters. The van der Waals surface area contributed by atoms with Crippen molar-refractivity contribution >= 4 is 23.3 Å². The summed E-state index contributed by atoms with van der Waals surface area (Å²) in [6.07, 6.45) is 2.02. The van der Waals surface area contributed by atoms with Gasteiger partial charge in [-0.05, 0) is 49.6 Å². The zero-order valence-electron chi connectivity index (χ0n) is 14.6. The predicted octanol–water partition coefficient (Wildman–Crippen LogP) is 5.79. The van der Waals surface area contributed by atoms with Crippen LogP contribution in [0.2, 0.25) is 5.02 Å². The van der Waals surface area contributed by atoms with Gasteiger partial charge in [0.15, 0.2) is 0 Å². The van der Waals surface area contributed by atoms with Gasteiger partial charge in [0.05, 0.1) is 0 Å². The number of rotatable bonds is 6. The third kappa shape index (κ3) is 5.27. The Labute approximate surface area is 149 Å². The van der Waals surface area contributed by atoms with Crippen LogP contribution in [-0.2, 0) is 6.54 Å². The fourth-order valence-corrected chi connectivity index (χ4v) is 2.82. The second-order valence-electron chi connectivity index (χ2n) is 6.15. The standard InChI is InChI=1S/C20H25ClN2O/c1-4-5-11-23(14-17-7-6-8-18(21)13-17)20(24)22-19-10-9-15(2)12-16(19)3/h6-10,12-13H,4-5,11,14H2,1-3H3,(H,22,24). The lowest BCUT2D eigenvalue weighted by Gasteiger charge is -2.24. The van der Waals surface area contributed by atoms with Gasteiger partial charge in [-0.25, -0.2) is 4.79 Å². The van der Waals surface area contributed by atoms with Gasteiger partial charge in [-0.1, -0.05) is 54.8 Å². The fourth-order valence-electron chi connectivity index (χ4n) is 2.61. The van der Waals surface area contributed by atoms with Crippen molar-refractivity contribution < 1.29 is 4.79 Å². The molecule has 0 aliphatic rings. The van der Waals surface area contributed by atoms with E-state index < -0.39 is 0 Å². The molecule has 2 aromatic carbocycles. The first-order chi connectivity index (χ1) is 11.5. The largest absolute Gasteiger partial charge is 0.322 e. The van der Waals surface area contributed by atoms with Crippen LogP contribution in [0.3, 0.4) is 0 Å². The Morgan fingerprint density at radius 1 is 1.17 bits per heavy atom. The summed E-state index contributed by atoms with van der Waals surface area (Å²) in [6, 6.07) is 13.6. The second kappa shape index (κ2) is 8.74. The van der Waals surface area contributed by atoms with Crippen LogP contribution in [0.25, 0.3) is 0 Å². The monoisotopic (exact) mass is 344 g/mol. The Bertz CT molecular complexity index is 700. The van der Waals surface area contributed by atoms with E-state index in [9.17, 15) is 4.79 Å². The number of anilines is 1. The number of unbranched alkanes of at least 4 members (excludes halogenated alkanes) is 1. The van der Waals surface area contributed by atoms with Gasteiger partial charge in [-0.3, -0.25) is 0 Å². The maximum absolute atomic E-state index is 12.7. The van der Waals surface area contributed by atoms with Crippen molar-refractivity contribution in [3.8, 4) is 0 Å². The number of hydrogen-bond acceptors (Lipinski definition) is 1. The number of amides is 2. The van der Waals surface area contributed by atoms with Gasteiger partial charge in [0.2, 0.25) is 0 Å². The lowest BCUT2D eigenvalue weighted by molar-refractivity contribution is 0.208. The third-order valence-corrected chi connectivity index (χ3v) is 4.19. The van der Waals surface area contributed by atoms with Crippen LogP contribution in [0.5, 0.6) is 0 Å². The van der Waals surface area contributed by atoms with E-state index in [1.165, 1.54) is 5.56 Å². The molecule has 128 valence electrons. The van der Waals surface area contributed by atoms with Crippen LogP contribution >= 0.6 is 11.6 Å². The van der Waals surface area contributed by atoms with Crippen LogP contribution < -0.4 is 5.32 Å². The minimum absolute atomic E-state index is 0.0737. The Hall–Kier alpha value is -2.00. The molecule has 0 saturated heterocycles. The predicted molar refractivity (Wildman–Crippen MR) is 102 cm³/mol. The molecule has 24 heavy (non-hydrogen) atoms. The molecular weight excluding hydrogens is 320 g/mol. The Morgan fingerprint density at radius 2 is 1.96 bits per heavy atom. The summed E-state index contributed by atoms with van der Waals surface area (Å²) in [5.41, 5.74) is 4.15. The van der Waals surface area contributed by atoms with E-state index in [-0.39, 0.29) is 6.03 Å². The molecular formula is C20H25ClN2O. The van der Waals surface area contributed by atoms with Gasteiger partial charge in [0.25, 0.3) is 0 Å². The van der Waals surface area contributed by atoms with Crippen LogP contribution in [0.1, 0.15) is 36.5 Å². The van der Waals surface area contributed by atoms with Crippen LogP contribution in [0.4, 0.5) is 10.5 Å².